The maximum atomic E-state index is 13.4. The summed E-state index contributed by atoms with van der Waals surface area (Å²) < 4.78 is 30.0. The van der Waals surface area contributed by atoms with Crippen molar-refractivity contribution in [2.75, 3.05) is 40.9 Å². The number of carbonyl (C=O) groups excluding carboxylic acids is 2. The summed E-state index contributed by atoms with van der Waals surface area (Å²) in [5, 5.41) is 2.96. The quantitative estimate of drug-likeness (QED) is 0.0213. The van der Waals surface area contributed by atoms with E-state index in [4.69, 9.17) is 13.8 Å². The van der Waals surface area contributed by atoms with Crippen LogP contribution < -0.4 is 10.2 Å². The first kappa shape index (κ1) is 61.0. The van der Waals surface area contributed by atoms with Crippen LogP contribution in [0.4, 0.5) is 0 Å². The van der Waals surface area contributed by atoms with Crippen molar-refractivity contribution in [1.82, 2.24) is 5.32 Å². The van der Waals surface area contributed by atoms with Crippen molar-refractivity contribution in [1.29, 1.82) is 0 Å². The molecule has 0 fully saturated rings. The predicted octanol–water partition coefficient (Wildman–Crippen LogP) is 14.4. The zero-order valence-electron chi connectivity index (χ0n) is 41.8. The number of hydrogen-bond acceptors (Lipinski definition) is 7. The van der Waals surface area contributed by atoms with E-state index in [-0.39, 0.29) is 31.3 Å². The summed E-state index contributed by atoms with van der Waals surface area (Å²) in [5.74, 6) is -0.631. The van der Waals surface area contributed by atoms with E-state index in [0.29, 0.717) is 23.9 Å². The van der Waals surface area contributed by atoms with E-state index in [1.165, 1.54) is 109 Å². The standard InChI is InChI=1S/C53H99N2O7P/c1-7-10-13-16-19-22-25-27-30-32-35-38-41-44-51(62-53(57)46-43-40-37-34-29-24-21-18-15-12-9-3)50(49-61-63(58,59)60-48-47-55(4,5)6)54-52(56)45-42-39-36-33-31-28-26-23-20-17-14-11-8-2/h18,21,28,31,36,39,41,44,50-51H,7-17,19-20,22-27,29-30,32-35,37-38,40,42-43,45-49H2,1-6H3,(H-,54,56,58,59)/b21-18-,31-28-,39-36+,44-41+. The summed E-state index contributed by atoms with van der Waals surface area (Å²) >= 11 is 0. The molecule has 3 atom stereocenters. The lowest BCUT2D eigenvalue weighted by Gasteiger charge is -2.30. The van der Waals surface area contributed by atoms with Gasteiger partial charge in [0.25, 0.3) is 7.82 Å². The number of nitrogens with one attached hydrogen (secondary N) is 1. The molecule has 9 nitrogen and oxygen atoms in total. The molecule has 0 aliphatic carbocycles. The second kappa shape index (κ2) is 43.8. The van der Waals surface area contributed by atoms with Crippen LogP contribution in [-0.4, -0.2) is 69.4 Å². The topological polar surface area (TPSA) is 114 Å². The van der Waals surface area contributed by atoms with E-state index in [9.17, 15) is 19.0 Å². The van der Waals surface area contributed by atoms with Gasteiger partial charge in [-0.05, 0) is 70.3 Å². The Kier molecular flexibility index (Phi) is 42.4. The molecule has 0 aromatic rings. The van der Waals surface area contributed by atoms with Gasteiger partial charge in [0.1, 0.15) is 19.3 Å². The van der Waals surface area contributed by atoms with Crippen LogP contribution in [0, 0.1) is 0 Å². The first-order valence-corrected chi connectivity index (χ1v) is 27.4. The second-order valence-corrected chi connectivity index (χ2v) is 20.1. The van der Waals surface area contributed by atoms with E-state index >= 15 is 0 Å². The third-order valence-electron chi connectivity index (χ3n) is 11.2. The average Bonchev–Trinajstić information content (AvgIpc) is 3.23. The van der Waals surface area contributed by atoms with Gasteiger partial charge in [0.05, 0.1) is 33.8 Å². The average molecular weight is 907 g/mol. The Morgan fingerprint density at radius 3 is 1.52 bits per heavy atom. The van der Waals surface area contributed by atoms with Gasteiger partial charge in [0.15, 0.2) is 0 Å². The Morgan fingerprint density at radius 2 is 1.00 bits per heavy atom. The normalized spacial score (nSPS) is 14.3. The highest BCUT2D eigenvalue weighted by Crippen LogP contribution is 2.38. The molecule has 0 aromatic carbocycles. The van der Waals surface area contributed by atoms with Crippen LogP contribution in [0.3, 0.4) is 0 Å². The van der Waals surface area contributed by atoms with Crippen LogP contribution in [-0.2, 0) is 27.9 Å². The number of nitrogens with zero attached hydrogens (tertiary/aromatic N) is 1. The highest BCUT2D eigenvalue weighted by atomic mass is 31.2. The van der Waals surface area contributed by atoms with Crippen molar-refractivity contribution in [3.63, 3.8) is 0 Å². The molecular formula is C53H99N2O7P. The molecule has 0 aliphatic heterocycles. The van der Waals surface area contributed by atoms with Crippen molar-refractivity contribution < 1.29 is 37.3 Å². The third-order valence-corrected chi connectivity index (χ3v) is 12.2. The summed E-state index contributed by atoms with van der Waals surface area (Å²) in [6.45, 7) is 6.73. The van der Waals surface area contributed by atoms with Crippen LogP contribution in [0.15, 0.2) is 48.6 Å². The molecule has 368 valence electrons. The maximum Gasteiger partial charge on any atom is 0.306 e. The number of rotatable bonds is 46. The lowest BCUT2D eigenvalue weighted by molar-refractivity contribution is -0.870. The molecule has 10 heteroatoms. The molecule has 0 spiro atoms. The number of esters is 1. The molecule has 0 aromatic heterocycles. The lowest BCUT2D eigenvalue weighted by atomic mass is 10.0. The molecule has 0 radical (unpaired) electrons. The van der Waals surface area contributed by atoms with Crippen molar-refractivity contribution in [2.45, 2.75) is 238 Å². The van der Waals surface area contributed by atoms with Gasteiger partial charge in [-0.25, -0.2) is 0 Å². The Bertz CT molecular complexity index is 1230. The molecule has 0 saturated heterocycles. The van der Waals surface area contributed by atoms with E-state index < -0.39 is 26.6 Å². The Hall–Kier alpha value is -2.03. The summed E-state index contributed by atoms with van der Waals surface area (Å²) in [6.07, 6.45) is 50.9. The van der Waals surface area contributed by atoms with E-state index in [1.54, 1.807) is 0 Å². The molecule has 0 heterocycles. The summed E-state index contributed by atoms with van der Waals surface area (Å²) in [4.78, 5) is 39.6. The number of ether oxygens (including phenoxy) is 1. The smallest absolute Gasteiger partial charge is 0.306 e. The monoisotopic (exact) mass is 907 g/mol. The van der Waals surface area contributed by atoms with E-state index in [2.05, 4.69) is 56.5 Å². The van der Waals surface area contributed by atoms with Gasteiger partial charge in [-0.15, -0.1) is 0 Å². The van der Waals surface area contributed by atoms with Gasteiger partial charge in [0.2, 0.25) is 5.91 Å². The van der Waals surface area contributed by atoms with E-state index in [0.717, 1.165) is 70.6 Å². The number of allylic oxidation sites excluding steroid dienone is 7. The van der Waals surface area contributed by atoms with Crippen molar-refractivity contribution >= 4 is 19.7 Å². The molecule has 3 unspecified atom stereocenters. The number of likely N-dealkylation sites (N-methyl/N-ethyl adjacent to an activating group) is 1. The van der Waals surface area contributed by atoms with Gasteiger partial charge in [-0.3, -0.25) is 14.2 Å². The second-order valence-electron chi connectivity index (χ2n) is 18.7. The molecule has 0 saturated carbocycles. The van der Waals surface area contributed by atoms with Gasteiger partial charge in [-0.2, -0.15) is 0 Å². The zero-order valence-corrected chi connectivity index (χ0v) is 42.7. The van der Waals surface area contributed by atoms with Gasteiger partial charge in [-0.1, -0.05) is 192 Å². The minimum absolute atomic E-state index is 0.0329. The molecular weight excluding hydrogens is 808 g/mol. The van der Waals surface area contributed by atoms with Crippen LogP contribution in [0.1, 0.15) is 226 Å². The first-order valence-electron chi connectivity index (χ1n) is 25.9. The molecule has 0 rings (SSSR count). The van der Waals surface area contributed by atoms with Crippen molar-refractivity contribution in [3.05, 3.63) is 48.6 Å². The number of amides is 1. The molecule has 63 heavy (non-hydrogen) atoms. The highest BCUT2D eigenvalue weighted by molar-refractivity contribution is 7.45. The van der Waals surface area contributed by atoms with Crippen LogP contribution in [0.25, 0.3) is 0 Å². The minimum Gasteiger partial charge on any atom is -0.756 e. The van der Waals surface area contributed by atoms with Crippen LogP contribution >= 0.6 is 7.82 Å². The largest absolute Gasteiger partial charge is 0.756 e. The molecule has 1 N–H and O–H groups in total. The van der Waals surface area contributed by atoms with Crippen molar-refractivity contribution in [3.8, 4) is 0 Å². The van der Waals surface area contributed by atoms with Gasteiger partial charge in [0, 0.05) is 12.8 Å². The number of hydrogen-bond donors (Lipinski definition) is 1. The Morgan fingerprint density at radius 1 is 0.556 bits per heavy atom. The Balaban J connectivity index is 5.54. The number of phosphoric acid groups is 1. The number of quaternary nitrogens is 1. The fourth-order valence-corrected chi connectivity index (χ4v) is 7.86. The molecule has 0 aliphatic rings. The first-order chi connectivity index (χ1) is 30.4. The third kappa shape index (κ3) is 44.9. The minimum atomic E-state index is -4.70. The SMILES string of the molecule is CCCC/C=C\CCCCCCCC(=O)OC(/C=C/CCCCCCCCCCCCC)C(COP(=O)([O-])OCC[N+](C)(C)C)NC(=O)CC/C=C/C/C=C\CCCCCCCC. The number of unbranched alkanes of at least 4 members (excludes halogenated alkanes) is 24. The fourth-order valence-electron chi connectivity index (χ4n) is 7.14. The number of carbonyl (C=O) groups is 2. The van der Waals surface area contributed by atoms with Crippen molar-refractivity contribution in [2.24, 2.45) is 0 Å². The van der Waals surface area contributed by atoms with Gasteiger partial charge >= 0.3 is 5.97 Å². The van der Waals surface area contributed by atoms with E-state index in [1.807, 2.05) is 39.4 Å². The zero-order chi connectivity index (χ0) is 46.5. The summed E-state index contributed by atoms with van der Waals surface area (Å²) in [7, 11) is 1.15. The summed E-state index contributed by atoms with van der Waals surface area (Å²) in [5.41, 5.74) is 0. The van der Waals surface area contributed by atoms with Gasteiger partial charge < -0.3 is 28.5 Å². The fraction of sp³-hybridized carbons (Fsp3) is 0.811. The van der Waals surface area contributed by atoms with Crippen LogP contribution in [0.2, 0.25) is 0 Å². The summed E-state index contributed by atoms with van der Waals surface area (Å²) in [6, 6.07) is -0.918. The molecule has 1 amide bonds. The lowest BCUT2D eigenvalue weighted by Crippen LogP contribution is -2.47. The Labute approximate surface area is 388 Å². The number of phosphoric ester groups is 1. The molecule has 0 bridgehead atoms. The van der Waals surface area contributed by atoms with Crippen LogP contribution in [0.5, 0.6) is 0 Å². The maximum absolute atomic E-state index is 13.4. The predicted molar refractivity (Wildman–Crippen MR) is 266 cm³/mol. The highest BCUT2D eigenvalue weighted by Gasteiger charge is 2.27.